The second kappa shape index (κ2) is 10.1. The smallest absolute Gasteiger partial charge is 0.275 e. The Morgan fingerprint density at radius 1 is 1.07 bits per heavy atom. The van der Waals surface area contributed by atoms with Crippen molar-refractivity contribution in [1.29, 1.82) is 0 Å². The average Bonchev–Trinajstić information content (AvgIpc) is 2.79. The molecule has 0 aliphatic heterocycles. The van der Waals surface area contributed by atoms with Crippen molar-refractivity contribution in [2.24, 2.45) is 0 Å². The molecule has 2 aromatic carbocycles. The maximum atomic E-state index is 12.4. The van der Waals surface area contributed by atoms with E-state index >= 15 is 0 Å². The Morgan fingerprint density at radius 2 is 1.80 bits per heavy atom. The lowest BCUT2D eigenvalue weighted by molar-refractivity contribution is 0.102. The van der Waals surface area contributed by atoms with E-state index in [0.717, 1.165) is 11.3 Å². The van der Waals surface area contributed by atoms with Crippen LogP contribution in [0.25, 0.3) is 6.08 Å². The minimum Gasteiger partial charge on any atom is -0.395 e. The first-order valence-electron chi connectivity index (χ1n) is 9.39. The molecule has 30 heavy (non-hydrogen) atoms. The molecule has 152 valence electrons. The molecule has 0 fully saturated rings. The second-order valence-electron chi connectivity index (χ2n) is 6.56. The molecule has 1 amide bonds. The number of amides is 1. The van der Waals surface area contributed by atoms with Crippen molar-refractivity contribution in [3.63, 3.8) is 0 Å². The average molecular weight is 402 g/mol. The van der Waals surface area contributed by atoms with Crippen molar-refractivity contribution in [2.75, 3.05) is 30.4 Å². The molecule has 3 rings (SSSR count). The van der Waals surface area contributed by atoms with Gasteiger partial charge in [-0.05, 0) is 48.0 Å². The van der Waals surface area contributed by atoms with Gasteiger partial charge in [0.05, 0.1) is 12.8 Å². The Kier molecular flexibility index (Phi) is 7.02. The molecule has 0 aliphatic carbocycles. The summed E-state index contributed by atoms with van der Waals surface area (Å²) in [6, 6.07) is 14.4. The predicted molar refractivity (Wildman–Crippen MR) is 117 cm³/mol. The molecule has 0 saturated heterocycles. The SMILES string of the molecule is CN(CCO)c1ccc(/C=C/C(=O)c2ccc(NC(=O)c3cnccn3)cc2)cc1. The van der Waals surface area contributed by atoms with Gasteiger partial charge in [-0.2, -0.15) is 0 Å². The third kappa shape index (κ3) is 5.59. The minimum atomic E-state index is -0.366. The number of rotatable bonds is 8. The van der Waals surface area contributed by atoms with E-state index in [4.69, 9.17) is 5.11 Å². The fourth-order valence-corrected chi connectivity index (χ4v) is 2.72. The second-order valence-corrected chi connectivity index (χ2v) is 6.56. The minimum absolute atomic E-state index is 0.0927. The van der Waals surface area contributed by atoms with Gasteiger partial charge >= 0.3 is 0 Å². The molecule has 0 saturated carbocycles. The Hall–Kier alpha value is -3.84. The number of anilines is 2. The first-order valence-corrected chi connectivity index (χ1v) is 9.39. The molecule has 0 bridgehead atoms. The summed E-state index contributed by atoms with van der Waals surface area (Å²) < 4.78 is 0. The summed E-state index contributed by atoms with van der Waals surface area (Å²) in [6.45, 7) is 0.651. The van der Waals surface area contributed by atoms with Crippen LogP contribution in [0.2, 0.25) is 0 Å². The first kappa shape index (κ1) is 20.9. The number of aliphatic hydroxyl groups is 1. The number of carbonyl (C=O) groups excluding carboxylic acids is 2. The summed E-state index contributed by atoms with van der Waals surface area (Å²) in [4.78, 5) is 34.3. The standard InChI is InChI=1S/C23H22N4O3/c1-27(14-15-28)20-9-2-17(3-10-20)4-11-22(29)18-5-7-19(8-6-18)26-23(30)21-16-24-12-13-25-21/h2-13,16,28H,14-15H2,1H3,(H,26,30)/b11-4+. The van der Waals surface area contributed by atoms with E-state index in [9.17, 15) is 9.59 Å². The van der Waals surface area contributed by atoms with Gasteiger partial charge in [-0.3, -0.25) is 14.6 Å². The zero-order valence-electron chi connectivity index (χ0n) is 16.5. The largest absolute Gasteiger partial charge is 0.395 e. The zero-order valence-corrected chi connectivity index (χ0v) is 16.5. The normalized spacial score (nSPS) is 10.7. The molecule has 7 heteroatoms. The Labute approximate surface area is 174 Å². The van der Waals surface area contributed by atoms with Crippen LogP contribution in [0.5, 0.6) is 0 Å². The number of ketones is 1. The predicted octanol–water partition coefficient (Wildman–Crippen LogP) is 3.05. The van der Waals surface area contributed by atoms with Gasteiger partial charge in [-0.15, -0.1) is 0 Å². The number of aromatic nitrogens is 2. The number of hydrogen-bond donors (Lipinski definition) is 2. The van der Waals surface area contributed by atoms with E-state index in [1.807, 2.05) is 36.2 Å². The molecule has 0 aliphatic rings. The molecule has 3 aromatic rings. The van der Waals surface area contributed by atoms with E-state index < -0.39 is 0 Å². The number of hydrogen-bond acceptors (Lipinski definition) is 6. The molecule has 1 aromatic heterocycles. The number of allylic oxidation sites excluding steroid dienone is 1. The van der Waals surface area contributed by atoms with Crippen LogP contribution in [0.3, 0.4) is 0 Å². The van der Waals surface area contributed by atoms with Gasteiger partial charge in [0.1, 0.15) is 5.69 Å². The number of nitrogens with zero attached hydrogens (tertiary/aromatic N) is 3. The highest BCUT2D eigenvalue weighted by atomic mass is 16.3. The Balaban J connectivity index is 1.59. The highest BCUT2D eigenvalue weighted by Crippen LogP contribution is 2.16. The lowest BCUT2D eigenvalue weighted by Crippen LogP contribution is -2.20. The molecular formula is C23H22N4O3. The van der Waals surface area contributed by atoms with Crippen molar-refractivity contribution in [2.45, 2.75) is 0 Å². The molecule has 0 atom stereocenters. The van der Waals surface area contributed by atoms with Gasteiger partial charge in [0, 0.05) is 42.9 Å². The number of likely N-dealkylation sites (N-methyl/N-ethyl adjacent to an activating group) is 1. The van der Waals surface area contributed by atoms with Gasteiger partial charge in [-0.1, -0.05) is 18.2 Å². The van der Waals surface area contributed by atoms with Crippen LogP contribution < -0.4 is 10.2 Å². The Bertz CT molecular complexity index is 1020. The number of carbonyl (C=O) groups is 2. The topological polar surface area (TPSA) is 95.4 Å². The van der Waals surface area contributed by atoms with Gasteiger partial charge in [-0.25, -0.2) is 4.98 Å². The third-order valence-electron chi connectivity index (χ3n) is 4.42. The van der Waals surface area contributed by atoms with Crippen LogP contribution in [-0.4, -0.2) is 47.0 Å². The van der Waals surface area contributed by atoms with Gasteiger partial charge in [0.2, 0.25) is 0 Å². The van der Waals surface area contributed by atoms with Crippen LogP contribution >= 0.6 is 0 Å². The van der Waals surface area contributed by atoms with E-state index in [-0.39, 0.29) is 24.0 Å². The quantitative estimate of drug-likeness (QED) is 0.444. The van der Waals surface area contributed by atoms with Gasteiger partial charge < -0.3 is 15.3 Å². The summed E-state index contributed by atoms with van der Waals surface area (Å²) in [7, 11) is 1.91. The van der Waals surface area contributed by atoms with Gasteiger partial charge in [0.25, 0.3) is 5.91 Å². The van der Waals surface area contributed by atoms with Crippen LogP contribution in [0.1, 0.15) is 26.4 Å². The molecule has 1 heterocycles. The summed E-state index contributed by atoms with van der Waals surface area (Å²) >= 11 is 0. The monoisotopic (exact) mass is 402 g/mol. The molecule has 0 spiro atoms. The number of nitrogens with one attached hydrogen (secondary N) is 1. The third-order valence-corrected chi connectivity index (χ3v) is 4.42. The lowest BCUT2D eigenvalue weighted by atomic mass is 10.1. The van der Waals surface area contributed by atoms with Crippen molar-refractivity contribution >= 4 is 29.1 Å². The highest BCUT2D eigenvalue weighted by molar-refractivity contribution is 6.07. The Morgan fingerprint density at radius 3 is 2.43 bits per heavy atom. The van der Waals surface area contributed by atoms with E-state index in [1.54, 1.807) is 30.3 Å². The first-order chi connectivity index (χ1) is 14.6. The van der Waals surface area contributed by atoms with Crippen LogP contribution in [0.15, 0.2) is 73.2 Å². The molecule has 2 N–H and O–H groups in total. The van der Waals surface area contributed by atoms with Crippen LogP contribution in [-0.2, 0) is 0 Å². The van der Waals surface area contributed by atoms with Crippen molar-refractivity contribution in [3.05, 3.63) is 90.0 Å². The number of aliphatic hydroxyl groups excluding tert-OH is 1. The fraction of sp³-hybridized carbons (Fsp3) is 0.130. The van der Waals surface area contributed by atoms with E-state index in [2.05, 4.69) is 15.3 Å². The van der Waals surface area contributed by atoms with E-state index in [0.29, 0.717) is 17.8 Å². The summed E-state index contributed by atoms with van der Waals surface area (Å²) in [6.07, 6.45) is 7.59. The van der Waals surface area contributed by atoms with Crippen molar-refractivity contribution in [1.82, 2.24) is 9.97 Å². The molecule has 0 unspecified atom stereocenters. The summed E-state index contributed by atoms with van der Waals surface area (Å²) in [5.41, 5.74) is 3.19. The molecular weight excluding hydrogens is 380 g/mol. The lowest BCUT2D eigenvalue weighted by Gasteiger charge is -2.17. The van der Waals surface area contributed by atoms with E-state index in [1.165, 1.54) is 24.7 Å². The van der Waals surface area contributed by atoms with Crippen LogP contribution in [0, 0.1) is 0 Å². The molecule has 0 radical (unpaired) electrons. The maximum absolute atomic E-state index is 12.4. The van der Waals surface area contributed by atoms with Crippen molar-refractivity contribution < 1.29 is 14.7 Å². The maximum Gasteiger partial charge on any atom is 0.275 e. The zero-order chi connectivity index (χ0) is 21.3. The molecule has 7 nitrogen and oxygen atoms in total. The highest BCUT2D eigenvalue weighted by Gasteiger charge is 2.08. The summed E-state index contributed by atoms with van der Waals surface area (Å²) in [5, 5.41) is 11.7. The fourth-order valence-electron chi connectivity index (χ4n) is 2.72. The van der Waals surface area contributed by atoms with Crippen molar-refractivity contribution in [3.8, 4) is 0 Å². The summed E-state index contributed by atoms with van der Waals surface area (Å²) in [5.74, 6) is -0.501. The van der Waals surface area contributed by atoms with Gasteiger partial charge in [0.15, 0.2) is 5.78 Å². The number of benzene rings is 2. The van der Waals surface area contributed by atoms with Crippen LogP contribution in [0.4, 0.5) is 11.4 Å².